The second-order valence-electron chi connectivity index (χ2n) is 21.3. The van der Waals surface area contributed by atoms with Crippen molar-refractivity contribution in [1.82, 2.24) is 4.57 Å². The Labute approximate surface area is 416 Å². The van der Waals surface area contributed by atoms with Gasteiger partial charge in [0.15, 0.2) is 0 Å². The molecule has 7 heteroatoms. The molecule has 0 saturated carbocycles. The average Bonchev–Trinajstić information content (AvgIpc) is 3.73. The van der Waals surface area contributed by atoms with Gasteiger partial charge in [0.2, 0.25) is 6.71 Å². The fraction of sp³-hybridized carbons (Fsp3) is 0.143. The van der Waals surface area contributed by atoms with Gasteiger partial charge in [0.25, 0.3) is 13.4 Å². The maximum absolute atomic E-state index is 2.69. The van der Waals surface area contributed by atoms with Gasteiger partial charge in [0, 0.05) is 65.9 Å². The van der Waals surface area contributed by atoms with Crippen LogP contribution in [-0.2, 0) is 0 Å². The largest absolute Gasteiger partial charge is 0.312 e. The molecule has 5 aliphatic heterocycles. The minimum atomic E-state index is -0.00667. The van der Waals surface area contributed by atoms with Crippen LogP contribution in [0.3, 0.4) is 0 Å². The van der Waals surface area contributed by atoms with Crippen molar-refractivity contribution in [2.75, 3.05) is 9.80 Å². The maximum Gasteiger partial charge on any atom is 0.252 e. The monoisotopic (exact) mass is 913 g/mol. The van der Waals surface area contributed by atoms with Gasteiger partial charge in [-0.2, -0.15) is 0 Å². The Morgan fingerprint density at radius 3 is 1.69 bits per heavy atom. The van der Waals surface area contributed by atoms with Crippen LogP contribution >= 0.6 is 11.8 Å². The number of fused-ring (bicyclic) bond motifs is 15. The van der Waals surface area contributed by atoms with Crippen LogP contribution in [0.15, 0.2) is 186 Å². The van der Waals surface area contributed by atoms with E-state index in [0.717, 1.165) is 0 Å². The molecule has 15 rings (SSSR count). The molecule has 9 aromatic carbocycles. The zero-order valence-corrected chi connectivity index (χ0v) is 41.3. The number of para-hydroxylation sites is 5. The number of benzene rings is 9. The zero-order chi connectivity index (χ0) is 46.8. The standard InChI is InChI=1S/C63H50B3N3S/c1-36(2)39-31-43(37(3)4)59(44(32-39)38(5)6)66-47-25-13-17-30-57(47)70-58-35-54-49(33-50(58)66)65-46-24-12-16-29-53(46)69-52-28-15-11-23-45(52)64-48-26-18-22-42-41-21-10-14-27-51(41)68(62(42)48)56-34-55(60(65)63(69)61(56)64)67(54)40-19-8-7-9-20-40/h7-38H,1-6H3. The molecule has 6 heterocycles. The van der Waals surface area contributed by atoms with Crippen LogP contribution in [0.1, 0.15) is 76.0 Å². The van der Waals surface area contributed by atoms with Crippen molar-refractivity contribution >= 4 is 137 Å². The number of hydrogen-bond donors (Lipinski definition) is 0. The lowest BCUT2D eigenvalue weighted by molar-refractivity contribution is 0.812. The second kappa shape index (κ2) is 14.7. The molecule has 0 spiro atoms. The van der Waals surface area contributed by atoms with Crippen LogP contribution < -0.4 is 59.0 Å². The van der Waals surface area contributed by atoms with Gasteiger partial charge in [-0.15, -0.1) is 0 Å². The van der Waals surface area contributed by atoms with E-state index in [4.69, 9.17) is 0 Å². The van der Waals surface area contributed by atoms with E-state index in [1.54, 1.807) is 0 Å². The van der Waals surface area contributed by atoms with Gasteiger partial charge in [0.05, 0.1) is 5.52 Å². The van der Waals surface area contributed by atoms with Gasteiger partial charge in [-0.05, 0) is 116 Å². The molecule has 0 unspecified atom stereocenters. The summed E-state index contributed by atoms with van der Waals surface area (Å²) in [5.74, 6) is 1.18. The molecule has 0 N–H and O–H groups in total. The molecule has 0 amide bonds. The van der Waals surface area contributed by atoms with Gasteiger partial charge >= 0.3 is 0 Å². The van der Waals surface area contributed by atoms with Gasteiger partial charge in [-0.25, -0.2) is 0 Å². The molecule has 5 aliphatic rings. The lowest BCUT2D eigenvalue weighted by Crippen LogP contribution is -2.69. The van der Waals surface area contributed by atoms with E-state index in [1.165, 1.54) is 137 Å². The minimum absolute atomic E-state index is 0.00667. The predicted octanol–water partition coefficient (Wildman–Crippen LogP) is 10.4. The van der Waals surface area contributed by atoms with Crippen LogP contribution in [0.25, 0.3) is 27.5 Å². The summed E-state index contributed by atoms with van der Waals surface area (Å²) in [5.41, 5.74) is 28.5. The average molecular weight is 914 g/mol. The Balaban J connectivity index is 1.09. The first-order valence-electron chi connectivity index (χ1n) is 25.4. The Hall–Kier alpha value is -7.08. The molecule has 0 fully saturated rings. The summed E-state index contributed by atoms with van der Waals surface area (Å²) in [4.78, 5) is 7.99. The van der Waals surface area contributed by atoms with E-state index >= 15 is 0 Å². The third-order valence-corrected chi connectivity index (χ3v) is 17.7. The lowest BCUT2D eigenvalue weighted by atomic mass is 9.28. The Bertz CT molecular complexity index is 3880. The topological polar surface area (TPSA) is 11.4 Å². The molecular formula is C63H50B3N3S. The van der Waals surface area contributed by atoms with Crippen LogP contribution in [-0.4, -0.2) is 24.7 Å². The molecule has 0 atom stereocenters. The van der Waals surface area contributed by atoms with Crippen molar-refractivity contribution < 1.29 is 0 Å². The van der Waals surface area contributed by atoms with Crippen LogP contribution in [0, 0.1) is 0 Å². The van der Waals surface area contributed by atoms with Crippen molar-refractivity contribution in [2.24, 2.45) is 0 Å². The molecule has 3 nitrogen and oxygen atoms in total. The number of aromatic nitrogens is 1. The van der Waals surface area contributed by atoms with Crippen LogP contribution in [0.5, 0.6) is 0 Å². The van der Waals surface area contributed by atoms with Crippen molar-refractivity contribution in [2.45, 2.75) is 69.1 Å². The number of rotatable bonds is 5. The quantitative estimate of drug-likeness (QED) is 0.160. The van der Waals surface area contributed by atoms with Gasteiger partial charge < -0.3 is 14.4 Å². The Morgan fingerprint density at radius 1 is 0.386 bits per heavy atom. The molecule has 0 radical (unpaired) electrons. The molecular weight excluding hydrogens is 863 g/mol. The summed E-state index contributed by atoms with van der Waals surface area (Å²) in [5, 5.41) is 2.62. The van der Waals surface area contributed by atoms with Gasteiger partial charge in [0.1, 0.15) is 0 Å². The minimum Gasteiger partial charge on any atom is -0.312 e. The molecule has 70 heavy (non-hydrogen) atoms. The van der Waals surface area contributed by atoms with Gasteiger partial charge in [-0.3, -0.25) is 0 Å². The van der Waals surface area contributed by atoms with Crippen molar-refractivity contribution in [3.8, 4) is 5.69 Å². The summed E-state index contributed by atoms with van der Waals surface area (Å²) >= 11 is 1.96. The lowest BCUT2D eigenvalue weighted by Gasteiger charge is -2.49. The summed E-state index contributed by atoms with van der Waals surface area (Å²) in [6, 6.07) is 68.2. The second-order valence-corrected chi connectivity index (χ2v) is 22.4. The summed E-state index contributed by atoms with van der Waals surface area (Å²) in [7, 11) is 0. The predicted molar refractivity (Wildman–Crippen MR) is 303 cm³/mol. The highest BCUT2D eigenvalue weighted by molar-refractivity contribution is 8.00. The number of hydrogen-bond acceptors (Lipinski definition) is 3. The number of nitrogens with zero attached hydrogens (tertiary/aromatic N) is 3. The van der Waals surface area contributed by atoms with Crippen molar-refractivity contribution in [3.63, 3.8) is 0 Å². The Morgan fingerprint density at radius 2 is 0.971 bits per heavy atom. The molecule has 0 saturated heterocycles. The molecule has 1 aromatic heterocycles. The van der Waals surface area contributed by atoms with E-state index in [0.29, 0.717) is 17.8 Å². The van der Waals surface area contributed by atoms with Crippen molar-refractivity contribution in [1.29, 1.82) is 0 Å². The van der Waals surface area contributed by atoms with Gasteiger partial charge in [-0.1, -0.05) is 197 Å². The smallest absolute Gasteiger partial charge is 0.252 e. The fourth-order valence-electron chi connectivity index (χ4n) is 13.7. The first-order chi connectivity index (χ1) is 34.3. The van der Waals surface area contributed by atoms with Crippen LogP contribution in [0.4, 0.5) is 34.1 Å². The normalized spacial score (nSPS) is 14.3. The molecule has 332 valence electrons. The Kier molecular flexibility index (Phi) is 8.58. The summed E-state index contributed by atoms with van der Waals surface area (Å²) in [6.07, 6.45) is 0. The third-order valence-electron chi connectivity index (χ3n) is 16.6. The molecule has 0 bridgehead atoms. The fourth-order valence-corrected chi connectivity index (χ4v) is 14.8. The molecule has 0 aliphatic carbocycles. The van der Waals surface area contributed by atoms with Crippen molar-refractivity contribution in [3.05, 3.63) is 193 Å². The summed E-state index contributed by atoms with van der Waals surface area (Å²) < 4.78 is 2.62. The SMILES string of the molecule is CC(C)c1cc(C(C)C)c(B2c3ccccc3Sc3cc4c(cc32)B2c3ccccc3N3c5ccccc5B5c6c(cc(c2c63)N4c2ccccc2)-n2c3ccccc3c3cccc5c32)c(C(C)C)c1. The zero-order valence-electron chi connectivity index (χ0n) is 40.5. The van der Waals surface area contributed by atoms with E-state index in [1.807, 2.05) is 11.8 Å². The van der Waals surface area contributed by atoms with E-state index in [2.05, 4.69) is 232 Å². The van der Waals surface area contributed by atoms with Crippen LogP contribution in [0.2, 0.25) is 0 Å². The highest BCUT2D eigenvalue weighted by Gasteiger charge is 2.51. The number of anilines is 6. The maximum atomic E-state index is 2.69. The highest BCUT2D eigenvalue weighted by atomic mass is 32.2. The molecule has 10 aromatic rings. The van der Waals surface area contributed by atoms with E-state index < -0.39 is 0 Å². The first kappa shape index (κ1) is 40.8. The van der Waals surface area contributed by atoms with E-state index in [-0.39, 0.29) is 20.1 Å². The first-order valence-corrected chi connectivity index (χ1v) is 26.3. The third kappa shape index (κ3) is 5.31. The van der Waals surface area contributed by atoms with E-state index in [9.17, 15) is 0 Å². The summed E-state index contributed by atoms with van der Waals surface area (Å²) in [6.45, 7) is 14.5. The highest BCUT2D eigenvalue weighted by Crippen LogP contribution is 2.48.